The van der Waals surface area contributed by atoms with Gasteiger partial charge < -0.3 is 10.6 Å². The molecule has 2 amide bonds. The van der Waals surface area contributed by atoms with E-state index in [0.29, 0.717) is 22.1 Å². The Labute approximate surface area is 180 Å². The van der Waals surface area contributed by atoms with Crippen LogP contribution in [0.5, 0.6) is 0 Å². The maximum absolute atomic E-state index is 13.1. The fraction of sp³-hybridized carbons (Fsp3) is 0.222. The van der Waals surface area contributed by atoms with E-state index in [9.17, 15) is 9.59 Å². The van der Waals surface area contributed by atoms with Gasteiger partial charge in [-0.3, -0.25) is 9.59 Å². The maximum atomic E-state index is 13.1. The summed E-state index contributed by atoms with van der Waals surface area (Å²) in [7, 11) is 1.53. The highest BCUT2D eigenvalue weighted by Crippen LogP contribution is 2.31. The number of hydrogen-bond donors (Lipinski definition) is 2. The Morgan fingerprint density at radius 3 is 2.75 bits per heavy atom. The number of hydrazone groups is 1. The molecule has 1 aromatic heterocycles. The van der Waals surface area contributed by atoms with E-state index in [-0.39, 0.29) is 23.4 Å². The van der Waals surface area contributed by atoms with E-state index in [2.05, 4.69) is 36.6 Å². The van der Waals surface area contributed by atoms with Gasteiger partial charge >= 0.3 is 0 Å². The molecule has 28 heavy (non-hydrogen) atoms. The minimum absolute atomic E-state index is 0.200. The average molecular weight is 485 g/mol. The molecule has 2 N–H and O–H groups in total. The van der Waals surface area contributed by atoms with Gasteiger partial charge in [-0.25, -0.2) is 9.99 Å². The predicted octanol–water partition coefficient (Wildman–Crippen LogP) is 3.94. The van der Waals surface area contributed by atoms with Gasteiger partial charge in [0.25, 0.3) is 5.91 Å². The number of benzene rings is 1. The topological polar surface area (TPSA) is 86.7 Å². The summed E-state index contributed by atoms with van der Waals surface area (Å²) in [6.07, 6.45) is 1.76. The summed E-state index contributed by atoms with van der Waals surface area (Å²) in [5.74, 6) is -0.360. The van der Waals surface area contributed by atoms with Gasteiger partial charge in [0, 0.05) is 24.1 Å². The number of rotatable bonds is 4. The predicted molar refractivity (Wildman–Crippen MR) is 114 cm³/mol. The fourth-order valence-corrected chi connectivity index (χ4v) is 3.86. The van der Waals surface area contributed by atoms with Crippen molar-refractivity contribution in [3.63, 3.8) is 0 Å². The molecule has 10 heteroatoms. The SMILES string of the molecule is CNC(=O)c1cc(Br)cc(C)c1NC(=O)C1CC(Cl)=NN1c1ncccc1Cl. The zero-order valence-electron chi connectivity index (χ0n) is 15.0. The van der Waals surface area contributed by atoms with Crippen LogP contribution in [0.2, 0.25) is 5.02 Å². The van der Waals surface area contributed by atoms with Crippen molar-refractivity contribution in [2.75, 3.05) is 17.4 Å². The molecule has 0 radical (unpaired) electrons. The monoisotopic (exact) mass is 483 g/mol. The average Bonchev–Trinajstić information content (AvgIpc) is 3.05. The summed E-state index contributed by atoms with van der Waals surface area (Å²) in [5.41, 5.74) is 1.49. The fourth-order valence-electron chi connectivity index (χ4n) is 2.85. The van der Waals surface area contributed by atoms with Crippen molar-refractivity contribution >= 4 is 67.6 Å². The standard InChI is InChI=1S/C18H16BrCl2N5O2/c1-9-6-10(19)7-11(17(27)22-2)15(9)24-18(28)13-8-14(21)25-26(13)16-12(20)4-3-5-23-16/h3-7,13H,8H2,1-2H3,(H,22,27)(H,24,28). The Kier molecular flexibility index (Phi) is 6.22. The number of carbonyl (C=O) groups excluding carboxylic acids is 2. The number of aromatic nitrogens is 1. The second-order valence-electron chi connectivity index (χ2n) is 6.06. The van der Waals surface area contributed by atoms with Gasteiger partial charge in [0.2, 0.25) is 5.91 Å². The smallest absolute Gasteiger partial charge is 0.253 e. The lowest BCUT2D eigenvalue weighted by Gasteiger charge is -2.23. The molecular formula is C18H16BrCl2N5O2. The van der Waals surface area contributed by atoms with Crippen LogP contribution in [-0.2, 0) is 4.79 Å². The highest BCUT2D eigenvalue weighted by molar-refractivity contribution is 9.10. The van der Waals surface area contributed by atoms with Crippen molar-refractivity contribution in [1.29, 1.82) is 0 Å². The first-order chi connectivity index (χ1) is 13.3. The summed E-state index contributed by atoms with van der Waals surface area (Å²) in [5, 5.41) is 11.6. The summed E-state index contributed by atoms with van der Waals surface area (Å²) in [6.45, 7) is 1.80. The maximum Gasteiger partial charge on any atom is 0.253 e. The van der Waals surface area contributed by atoms with E-state index in [4.69, 9.17) is 23.2 Å². The third-order valence-corrected chi connectivity index (χ3v) is 5.13. The lowest BCUT2D eigenvalue weighted by atomic mass is 10.1. The van der Waals surface area contributed by atoms with Crippen molar-refractivity contribution in [2.24, 2.45) is 5.10 Å². The lowest BCUT2D eigenvalue weighted by molar-refractivity contribution is -0.117. The Bertz CT molecular complexity index is 982. The molecule has 0 saturated carbocycles. The van der Waals surface area contributed by atoms with E-state index in [1.807, 2.05) is 6.07 Å². The van der Waals surface area contributed by atoms with Crippen LogP contribution in [0.1, 0.15) is 22.3 Å². The van der Waals surface area contributed by atoms with Crippen LogP contribution < -0.4 is 15.6 Å². The van der Waals surface area contributed by atoms with E-state index in [1.54, 1.807) is 31.3 Å². The van der Waals surface area contributed by atoms with Gasteiger partial charge in [0.1, 0.15) is 11.2 Å². The van der Waals surface area contributed by atoms with Gasteiger partial charge in [0.15, 0.2) is 5.82 Å². The first-order valence-electron chi connectivity index (χ1n) is 8.27. The third-order valence-electron chi connectivity index (χ3n) is 4.15. The van der Waals surface area contributed by atoms with Gasteiger partial charge in [-0.15, -0.1) is 0 Å². The largest absolute Gasteiger partial charge is 0.355 e. The van der Waals surface area contributed by atoms with E-state index >= 15 is 0 Å². The molecule has 2 aromatic rings. The molecule has 0 spiro atoms. The number of halogens is 3. The number of nitrogens with zero attached hydrogens (tertiary/aromatic N) is 3. The quantitative estimate of drug-likeness (QED) is 0.688. The highest BCUT2D eigenvalue weighted by Gasteiger charge is 2.35. The number of amides is 2. The molecular weight excluding hydrogens is 469 g/mol. The Morgan fingerprint density at radius 2 is 2.07 bits per heavy atom. The Morgan fingerprint density at radius 1 is 1.32 bits per heavy atom. The minimum Gasteiger partial charge on any atom is -0.355 e. The molecule has 7 nitrogen and oxygen atoms in total. The van der Waals surface area contributed by atoms with Crippen molar-refractivity contribution < 1.29 is 9.59 Å². The van der Waals surface area contributed by atoms with E-state index in [1.165, 1.54) is 12.1 Å². The van der Waals surface area contributed by atoms with Crippen LogP contribution in [0.4, 0.5) is 11.5 Å². The number of anilines is 2. The van der Waals surface area contributed by atoms with E-state index in [0.717, 1.165) is 10.0 Å². The van der Waals surface area contributed by atoms with Crippen LogP contribution in [0.3, 0.4) is 0 Å². The molecule has 0 saturated heterocycles. The van der Waals surface area contributed by atoms with Crippen LogP contribution in [0.25, 0.3) is 0 Å². The van der Waals surface area contributed by atoms with Crippen molar-refractivity contribution in [3.05, 3.63) is 51.1 Å². The number of aryl methyl sites for hydroxylation is 1. The molecule has 0 bridgehead atoms. The number of nitrogens with one attached hydrogen (secondary N) is 2. The summed E-state index contributed by atoms with van der Waals surface area (Å²) in [4.78, 5) is 29.5. The molecule has 1 atom stereocenters. The normalized spacial score (nSPS) is 16.0. The molecule has 0 fully saturated rings. The molecule has 1 unspecified atom stereocenters. The van der Waals surface area contributed by atoms with Crippen LogP contribution in [0, 0.1) is 6.92 Å². The molecule has 0 aliphatic carbocycles. The first kappa shape index (κ1) is 20.6. The molecule has 1 aromatic carbocycles. The Balaban J connectivity index is 1.93. The lowest BCUT2D eigenvalue weighted by Crippen LogP contribution is -2.39. The van der Waals surface area contributed by atoms with E-state index < -0.39 is 6.04 Å². The number of pyridine rings is 1. The van der Waals surface area contributed by atoms with Gasteiger partial charge in [-0.1, -0.05) is 39.1 Å². The zero-order valence-corrected chi connectivity index (χ0v) is 18.1. The summed E-state index contributed by atoms with van der Waals surface area (Å²) < 4.78 is 0.732. The van der Waals surface area contributed by atoms with Crippen molar-refractivity contribution in [1.82, 2.24) is 10.3 Å². The molecule has 146 valence electrons. The van der Waals surface area contributed by atoms with Crippen molar-refractivity contribution in [3.8, 4) is 0 Å². The first-order valence-corrected chi connectivity index (χ1v) is 9.82. The number of carbonyl (C=O) groups is 2. The number of hydrogen-bond acceptors (Lipinski definition) is 5. The summed E-state index contributed by atoms with van der Waals surface area (Å²) >= 11 is 15.7. The van der Waals surface area contributed by atoms with Crippen molar-refractivity contribution in [2.45, 2.75) is 19.4 Å². The molecule has 1 aliphatic heterocycles. The molecule has 2 heterocycles. The molecule has 1 aliphatic rings. The van der Waals surface area contributed by atoms with Gasteiger partial charge in [-0.05, 0) is 36.8 Å². The molecule has 3 rings (SSSR count). The second-order valence-corrected chi connectivity index (χ2v) is 7.82. The van der Waals surface area contributed by atoms with Gasteiger partial charge in [-0.2, -0.15) is 5.10 Å². The van der Waals surface area contributed by atoms with Crippen LogP contribution in [0.15, 0.2) is 40.0 Å². The minimum atomic E-state index is -0.750. The zero-order chi connectivity index (χ0) is 20.4. The van der Waals surface area contributed by atoms with Gasteiger partial charge in [0.05, 0.1) is 16.3 Å². The van der Waals surface area contributed by atoms with Crippen LogP contribution >= 0.6 is 39.1 Å². The Hall–Kier alpha value is -2.16. The highest BCUT2D eigenvalue weighted by atomic mass is 79.9. The second kappa shape index (κ2) is 8.46. The third kappa shape index (κ3) is 4.14. The summed E-state index contributed by atoms with van der Waals surface area (Å²) in [6, 6.07) is 6.05. The van der Waals surface area contributed by atoms with Crippen LogP contribution in [-0.4, -0.2) is 35.1 Å².